The summed E-state index contributed by atoms with van der Waals surface area (Å²) in [6.07, 6.45) is 1.03. The minimum Gasteiger partial charge on any atom is -0.376 e. The number of benzene rings is 2. The Labute approximate surface area is 140 Å². The molecule has 0 radical (unpaired) electrons. The third-order valence-corrected chi connectivity index (χ3v) is 4.09. The van der Waals surface area contributed by atoms with Crippen LogP contribution in [-0.4, -0.2) is 12.5 Å². The first-order chi connectivity index (χ1) is 10.6. The van der Waals surface area contributed by atoms with Crippen molar-refractivity contribution in [2.75, 3.05) is 11.9 Å². The van der Waals surface area contributed by atoms with Gasteiger partial charge in [0.1, 0.15) is 0 Å². The van der Waals surface area contributed by atoms with E-state index in [0.29, 0.717) is 0 Å². The normalized spacial score (nSPS) is 11.8. The van der Waals surface area contributed by atoms with Crippen molar-refractivity contribution < 1.29 is 4.79 Å². The third-order valence-electron chi connectivity index (χ3n) is 3.56. The highest BCUT2D eigenvalue weighted by Gasteiger charge is 2.09. The Morgan fingerprint density at radius 3 is 2.32 bits per heavy atom. The average Bonchev–Trinajstić information content (AvgIpc) is 2.54. The maximum Gasteiger partial charge on any atom is 0.239 e. The van der Waals surface area contributed by atoms with Gasteiger partial charge in [0.05, 0.1) is 12.6 Å². The Hall–Kier alpha value is -1.81. The van der Waals surface area contributed by atoms with Crippen molar-refractivity contribution in [2.45, 2.75) is 26.3 Å². The Balaban J connectivity index is 1.83. The van der Waals surface area contributed by atoms with Crippen LogP contribution in [0.3, 0.4) is 0 Å². The lowest BCUT2D eigenvalue weighted by molar-refractivity contribution is -0.120. The van der Waals surface area contributed by atoms with Crippen LogP contribution >= 0.6 is 15.9 Å². The number of hydrogen-bond donors (Lipinski definition) is 2. The zero-order valence-electron chi connectivity index (χ0n) is 12.9. The molecule has 0 bridgehead atoms. The molecular formula is C18H21BrN2O. The van der Waals surface area contributed by atoms with Crippen molar-refractivity contribution in [3.63, 3.8) is 0 Å². The van der Waals surface area contributed by atoms with Crippen LogP contribution < -0.4 is 10.6 Å². The molecule has 0 aromatic heterocycles. The van der Waals surface area contributed by atoms with Crippen molar-refractivity contribution in [2.24, 2.45) is 0 Å². The Morgan fingerprint density at radius 2 is 1.73 bits per heavy atom. The molecule has 0 aliphatic heterocycles. The quantitative estimate of drug-likeness (QED) is 0.806. The predicted octanol–water partition coefficient (Wildman–Crippen LogP) is 4.30. The van der Waals surface area contributed by atoms with Gasteiger partial charge in [-0.2, -0.15) is 0 Å². The molecule has 3 nitrogen and oxygen atoms in total. The summed E-state index contributed by atoms with van der Waals surface area (Å²) in [6.45, 7) is 4.39. The van der Waals surface area contributed by atoms with Gasteiger partial charge in [0.15, 0.2) is 0 Å². The number of carbonyl (C=O) groups excluding carboxylic acids is 1. The molecule has 22 heavy (non-hydrogen) atoms. The number of halogens is 1. The average molecular weight is 361 g/mol. The smallest absolute Gasteiger partial charge is 0.239 e. The van der Waals surface area contributed by atoms with Gasteiger partial charge in [-0.05, 0) is 48.7 Å². The zero-order valence-corrected chi connectivity index (χ0v) is 14.5. The zero-order chi connectivity index (χ0) is 15.9. The van der Waals surface area contributed by atoms with Crippen LogP contribution in [0.2, 0.25) is 0 Å². The van der Waals surface area contributed by atoms with E-state index in [0.717, 1.165) is 22.1 Å². The summed E-state index contributed by atoms with van der Waals surface area (Å²) in [4.78, 5) is 12.0. The van der Waals surface area contributed by atoms with Crippen LogP contribution in [0.25, 0.3) is 0 Å². The second-order valence-corrected chi connectivity index (χ2v) is 6.16. The van der Waals surface area contributed by atoms with E-state index in [4.69, 9.17) is 0 Å². The molecule has 4 heteroatoms. The SMILES string of the molecule is CCc1ccc([C@@H](C)NC(=O)CNc2ccc(Br)cc2)cc1. The van der Waals surface area contributed by atoms with Gasteiger partial charge in [0, 0.05) is 10.2 Å². The summed E-state index contributed by atoms with van der Waals surface area (Å²) in [5, 5.41) is 6.12. The van der Waals surface area contributed by atoms with Crippen LogP contribution in [0.5, 0.6) is 0 Å². The lowest BCUT2D eigenvalue weighted by Gasteiger charge is -2.15. The first-order valence-corrected chi connectivity index (χ1v) is 8.25. The molecule has 0 spiro atoms. The Morgan fingerprint density at radius 1 is 1.09 bits per heavy atom. The molecule has 0 aliphatic rings. The van der Waals surface area contributed by atoms with Gasteiger partial charge in [-0.1, -0.05) is 47.1 Å². The molecule has 0 unspecified atom stereocenters. The highest BCUT2D eigenvalue weighted by molar-refractivity contribution is 9.10. The number of rotatable bonds is 6. The fourth-order valence-corrected chi connectivity index (χ4v) is 2.43. The van der Waals surface area contributed by atoms with Crippen LogP contribution in [-0.2, 0) is 11.2 Å². The van der Waals surface area contributed by atoms with E-state index >= 15 is 0 Å². The van der Waals surface area contributed by atoms with Crippen molar-refractivity contribution in [1.29, 1.82) is 0 Å². The minimum absolute atomic E-state index is 0.00474. The summed E-state index contributed by atoms with van der Waals surface area (Å²) < 4.78 is 1.02. The second kappa shape index (κ2) is 7.99. The molecule has 2 aromatic carbocycles. The number of hydrogen-bond acceptors (Lipinski definition) is 2. The highest BCUT2D eigenvalue weighted by atomic mass is 79.9. The molecule has 2 rings (SSSR count). The van der Waals surface area contributed by atoms with E-state index in [1.54, 1.807) is 0 Å². The van der Waals surface area contributed by atoms with E-state index in [2.05, 4.69) is 57.8 Å². The molecule has 2 N–H and O–H groups in total. The molecule has 0 saturated heterocycles. The number of aryl methyl sites for hydroxylation is 1. The lowest BCUT2D eigenvalue weighted by atomic mass is 10.1. The van der Waals surface area contributed by atoms with Gasteiger partial charge in [0.2, 0.25) is 5.91 Å². The summed E-state index contributed by atoms with van der Waals surface area (Å²) in [5.41, 5.74) is 3.35. The van der Waals surface area contributed by atoms with Gasteiger partial charge in [-0.3, -0.25) is 4.79 Å². The maximum absolute atomic E-state index is 12.0. The van der Waals surface area contributed by atoms with Crippen LogP contribution in [0.15, 0.2) is 53.0 Å². The molecule has 116 valence electrons. The fourth-order valence-electron chi connectivity index (χ4n) is 2.17. The van der Waals surface area contributed by atoms with Gasteiger partial charge < -0.3 is 10.6 Å². The van der Waals surface area contributed by atoms with Gasteiger partial charge in [-0.15, -0.1) is 0 Å². The van der Waals surface area contributed by atoms with Gasteiger partial charge in [-0.25, -0.2) is 0 Å². The lowest BCUT2D eigenvalue weighted by Crippen LogP contribution is -2.32. The van der Waals surface area contributed by atoms with Crippen molar-refractivity contribution in [1.82, 2.24) is 5.32 Å². The van der Waals surface area contributed by atoms with Crippen LogP contribution in [0.4, 0.5) is 5.69 Å². The van der Waals surface area contributed by atoms with E-state index in [-0.39, 0.29) is 18.5 Å². The molecule has 0 heterocycles. The standard InChI is InChI=1S/C18H21BrN2O/c1-3-14-4-6-15(7-5-14)13(2)21-18(22)12-20-17-10-8-16(19)9-11-17/h4-11,13,20H,3,12H2,1-2H3,(H,21,22)/t13-/m1/s1. The monoisotopic (exact) mass is 360 g/mol. The minimum atomic E-state index is -0.0185. The molecule has 0 saturated carbocycles. The second-order valence-electron chi connectivity index (χ2n) is 5.24. The van der Waals surface area contributed by atoms with Crippen LogP contribution in [0, 0.1) is 0 Å². The summed E-state index contributed by atoms with van der Waals surface area (Å²) in [6, 6.07) is 16.1. The van der Waals surface area contributed by atoms with Crippen LogP contribution in [0.1, 0.15) is 31.0 Å². The van der Waals surface area contributed by atoms with Crippen molar-refractivity contribution >= 4 is 27.5 Å². The van der Waals surface area contributed by atoms with E-state index in [1.807, 2.05) is 31.2 Å². The van der Waals surface area contributed by atoms with E-state index in [9.17, 15) is 4.79 Å². The molecule has 1 amide bonds. The molecule has 1 atom stereocenters. The van der Waals surface area contributed by atoms with E-state index < -0.39 is 0 Å². The van der Waals surface area contributed by atoms with Crippen molar-refractivity contribution in [3.05, 3.63) is 64.1 Å². The Kier molecular flexibility index (Phi) is 6.01. The third kappa shape index (κ3) is 4.88. The molecule has 2 aromatic rings. The summed E-state index contributed by atoms with van der Waals surface area (Å²) >= 11 is 3.39. The first kappa shape index (κ1) is 16.6. The van der Waals surface area contributed by atoms with Gasteiger partial charge >= 0.3 is 0 Å². The largest absolute Gasteiger partial charge is 0.376 e. The van der Waals surface area contributed by atoms with Gasteiger partial charge in [0.25, 0.3) is 0 Å². The predicted molar refractivity (Wildman–Crippen MR) is 95.0 cm³/mol. The first-order valence-electron chi connectivity index (χ1n) is 7.46. The molecular weight excluding hydrogens is 340 g/mol. The number of carbonyl (C=O) groups is 1. The molecule has 0 aliphatic carbocycles. The van der Waals surface area contributed by atoms with Crippen molar-refractivity contribution in [3.8, 4) is 0 Å². The fraction of sp³-hybridized carbons (Fsp3) is 0.278. The number of amides is 1. The topological polar surface area (TPSA) is 41.1 Å². The highest BCUT2D eigenvalue weighted by Crippen LogP contribution is 2.15. The maximum atomic E-state index is 12.0. The Bertz CT molecular complexity index is 608. The summed E-state index contributed by atoms with van der Waals surface area (Å²) in [5.74, 6) is -0.0185. The molecule has 0 fully saturated rings. The number of nitrogens with one attached hydrogen (secondary N) is 2. The number of anilines is 1. The van der Waals surface area contributed by atoms with E-state index in [1.165, 1.54) is 5.56 Å². The summed E-state index contributed by atoms with van der Waals surface area (Å²) in [7, 11) is 0.